The number of hydrogen-bond donors (Lipinski definition) is 1. The molecule has 160 valence electrons. The number of hydrogen-bond acceptors (Lipinski definition) is 5. The maximum absolute atomic E-state index is 12.6. The zero-order valence-corrected chi connectivity index (χ0v) is 17.6. The van der Waals surface area contributed by atoms with Crippen LogP contribution >= 0.6 is 0 Å². The Morgan fingerprint density at radius 2 is 1.77 bits per heavy atom. The van der Waals surface area contributed by atoms with Crippen LogP contribution in [0.4, 0.5) is 0 Å². The average molecular weight is 439 g/mol. The van der Waals surface area contributed by atoms with Gasteiger partial charge in [-0.2, -0.15) is 4.31 Å². The van der Waals surface area contributed by atoms with Gasteiger partial charge in [0.15, 0.2) is 5.43 Å². The molecule has 2 aromatic carbocycles. The van der Waals surface area contributed by atoms with Crippen LogP contribution in [0.25, 0.3) is 17.0 Å². The van der Waals surface area contributed by atoms with E-state index >= 15 is 0 Å². The van der Waals surface area contributed by atoms with Crippen LogP contribution in [0, 0.1) is 0 Å². The van der Waals surface area contributed by atoms with Gasteiger partial charge in [-0.3, -0.25) is 9.59 Å². The van der Waals surface area contributed by atoms with Crippen molar-refractivity contribution in [1.29, 1.82) is 0 Å². The third-order valence-electron chi connectivity index (χ3n) is 5.21. The van der Waals surface area contributed by atoms with E-state index in [1.807, 2.05) is 0 Å². The Morgan fingerprint density at radius 3 is 2.52 bits per heavy atom. The third kappa shape index (κ3) is 4.60. The van der Waals surface area contributed by atoms with Gasteiger partial charge < -0.3 is 9.73 Å². The molecule has 0 spiro atoms. The molecule has 31 heavy (non-hydrogen) atoms. The van der Waals surface area contributed by atoms with Crippen molar-refractivity contribution < 1.29 is 17.6 Å². The van der Waals surface area contributed by atoms with Gasteiger partial charge in [0.1, 0.15) is 11.8 Å². The quantitative estimate of drug-likeness (QED) is 0.597. The molecular weight excluding hydrogens is 416 g/mol. The molecule has 4 rings (SSSR count). The van der Waals surface area contributed by atoms with E-state index in [0.717, 1.165) is 18.4 Å². The summed E-state index contributed by atoms with van der Waals surface area (Å²) in [5.41, 5.74) is 1.34. The summed E-state index contributed by atoms with van der Waals surface area (Å²) < 4.78 is 32.0. The first-order chi connectivity index (χ1) is 14.9. The van der Waals surface area contributed by atoms with Gasteiger partial charge in [-0.15, -0.1) is 0 Å². The predicted molar refractivity (Wildman–Crippen MR) is 118 cm³/mol. The Labute approximate surface area is 180 Å². The molecule has 1 aliphatic heterocycles. The van der Waals surface area contributed by atoms with Crippen molar-refractivity contribution in [2.75, 3.05) is 13.1 Å². The SMILES string of the molecule is O=C(/C=C/c1coc2ccccc2c1=O)NCc1ccc(S(=O)(=O)N2CCCC2)cc1. The second-order valence-corrected chi connectivity index (χ2v) is 9.26. The summed E-state index contributed by atoms with van der Waals surface area (Å²) in [5.74, 6) is -0.374. The molecule has 1 N–H and O–H groups in total. The molecule has 0 atom stereocenters. The monoisotopic (exact) mass is 438 g/mol. The Balaban J connectivity index is 1.38. The lowest BCUT2D eigenvalue weighted by atomic mass is 10.1. The molecule has 2 heterocycles. The number of carbonyl (C=O) groups is 1. The fourth-order valence-corrected chi connectivity index (χ4v) is 5.00. The zero-order valence-electron chi connectivity index (χ0n) is 16.8. The number of rotatable bonds is 6. The normalized spacial score (nSPS) is 15.0. The zero-order chi connectivity index (χ0) is 21.8. The second kappa shape index (κ2) is 8.87. The van der Waals surface area contributed by atoms with E-state index in [1.54, 1.807) is 48.5 Å². The minimum atomic E-state index is -3.45. The van der Waals surface area contributed by atoms with Crippen LogP contribution in [0.3, 0.4) is 0 Å². The largest absolute Gasteiger partial charge is 0.463 e. The van der Waals surface area contributed by atoms with E-state index in [0.29, 0.717) is 24.1 Å². The van der Waals surface area contributed by atoms with E-state index in [4.69, 9.17) is 4.42 Å². The van der Waals surface area contributed by atoms with Crippen molar-refractivity contribution in [2.45, 2.75) is 24.3 Å². The van der Waals surface area contributed by atoms with Gasteiger partial charge in [0, 0.05) is 25.7 Å². The molecule has 0 bridgehead atoms. The Morgan fingerprint density at radius 1 is 1.06 bits per heavy atom. The standard InChI is InChI=1S/C23H22N2O5S/c26-22(12-9-18-16-30-21-6-2-1-5-20(21)23(18)27)24-15-17-7-10-19(11-8-17)31(28,29)25-13-3-4-14-25/h1-2,5-12,16H,3-4,13-15H2,(H,24,26)/b12-9+. The molecule has 1 aromatic heterocycles. The Kier molecular flexibility index (Phi) is 6.01. The summed E-state index contributed by atoms with van der Waals surface area (Å²) in [6.45, 7) is 1.35. The number of carbonyl (C=O) groups excluding carboxylic acids is 1. The van der Waals surface area contributed by atoms with Crippen LogP contribution in [0.2, 0.25) is 0 Å². The number of fused-ring (bicyclic) bond motifs is 1. The molecule has 3 aromatic rings. The number of amides is 1. The molecule has 1 aliphatic rings. The van der Waals surface area contributed by atoms with E-state index in [1.165, 1.54) is 22.7 Å². The lowest BCUT2D eigenvalue weighted by Gasteiger charge is -2.15. The average Bonchev–Trinajstić information content (AvgIpc) is 3.34. The molecule has 1 fully saturated rings. The minimum Gasteiger partial charge on any atom is -0.463 e. The number of nitrogens with zero attached hydrogens (tertiary/aromatic N) is 1. The topological polar surface area (TPSA) is 96.7 Å². The summed E-state index contributed by atoms with van der Waals surface area (Å²) in [7, 11) is -3.45. The van der Waals surface area contributed by atoms with Crippen LogP contribution in [0.15, 0.2) is 75.0 Å². The van der Waals surface area contributed by atoms with Gasteiger partial charge in [0.05, 0.1) is 15.8 Å². The molecule has 8 heteroatoms. The highest BCUT2D eigenvalue weighted by atomic mass is 32.2. The summed E-state index contributed by atoms with van der Waals surface area (Å²) in [6.07, 6.45) is 5.79. The lowest BCUT2D eigenvalue weighted by Crippen LogP contribution is -2.27. The highest BCUT2D eigenvalue weighted by Gasteiger charge is 2.26. The number of para-hydroxylation sites is 1. The number of sulfonamides is 1. The number of nitrogens with one attached hydrogen (secondary N) is 1. The van der Waals surface area contributed by atoms with E-state index in [9.17, 15) is 18.0 Å². The fourth-order valence-electron chi connectivity index (χ4n) is 3.48. The van der Waals surface area contributed by atoms with E-state index < -0.39 is 10.0 Å². The molecule has 7 nitrogen and oxygen atoms in total. The molecule has 1 saturated heterocycles. The molecule has 0 saturated carbocycles. The van der Waals surface area contributed by atoms with E-state index in [2.05, 4.69) is 5.32 Å². The summed E-state index contributed by atoms with van der Waals surface area (Å²) in [4.78, 5) is 24.8. The first-order valence-electron chi connectivity index (χ1n) is 10.0. The van der Waals surface area contributed by atoms with Gasteiger partial charge >= 0.3 is 0 Å². The van der Waals surface area contributed by atoms with Crippen LogP contribution < -0.4 is 10.7 Å². The second-order valence-electron chi connectivity index (χ2n) is 7.32. The first kappa shape index (κ1) is 21.0. The van der Waals surface area contributed by atoms with Gasteiger partial charge in [-0.25, -0.2) is 8.42 Å². The van der Waals surface area contributed by atoms with Gasteiger partial charge in [-0.05, 0) is 48.7 Å². The van der Waals surface area contributed by atoms with Crippen molar-refractivity contribution in [1.82, 2.24) is 9.62 Å². The van der Waals surface area contributed by atoms with Gasteiger partial charge in [0.25, 0.3) is 0 Å². The molecule has 0 radical (unpaired) electrons. The van der Waals surface area contributed by atoms with Crippen LogP contribution in [0.1, 0.15) is 24.0 Å². The Hall–Kier alpha value is -3.23. The van der Waals surface area contributed by atoms with Crippen molar-refractivity contribution in [3.63, 3.8) is 0 Å². The van der Waals surface area contributed by atoms with Gasteiger partial charge in [0.2, 0.25) is 15.9 Å². The van der Waals surface area contributed by atoms with Crippen molar-refractivity contribution in [2.24, 2.45) is 0 Å². The van der Waals surface area contributed by atoms with Crippen molar-refractivity contribution in [3.8, 4) is 0 Å². The fraction of sp³-hybridized carbons (Fsp3) is 0.217. The highest BCUT2D eigenvalue weighted by molar-refractivity contribution is 7.89. The predicted octanol–water partition coefficient (Wildman–Crippen LogP) is 2.91. The summed E-state index contributed by atoms with van der Waals surface area (Å²) >= 11 is 0. The summed E-state index contributed by atoms with van der Waals surface area (Å²) in [5, 5.41) is 3.17. The van der Waals surface area contributed by atoms with Gasteiger partial charge in [-0.1, -0.05) is 24.3 Å². The highest BCUT2D eigenvalue weighted by Crippen LogP contribution is 2.21. The minimum absolute atomic E-state index is 0.208. The molecule has 0 unspecified atom stereocenters. The maximum Gasteiger partial charge on any atom is 0.244 e. The number of benzene rings is 2. The lowest BCUT2D eigenvalue weighted by molar-refractivity contribution is -0.116. The summed E-state index contributed by atoms with van der Waals surface area (Å²) in [6, 6.07) is 13.4. The van der Waals surface area contributed by atoms with Crippen LogP contribution in [-0.2, 0) is 21.4 Å². The van der Waals surface area contributed by atoms with Crippen molar-refractivity contribution >= 4 is 33.0 Å². The molecule has 1 amide bonds. The first-order valence-corrected chi connectivity index (χ1v) is 11.4. The van der Waals surface area contributed by atoms with Crippen LogP contribution in [0.5, 0.6) is 0 Å². The third-order valence-corrected chi connectivity index (χ3v) is 7.13. The smallest absolute Gasteiger partial charge is 0.244 e. The van der Waals surface area contributed by atoms with E-state index in [-0.39, 0.29) is 28.3 Å². The van der Waals surface area contributed by atoms with Crippen LogP contribution in [-0.4, -0.2) is 31.7 Å². The Bertz CT molecular complexity index is 1290. The van der Waals surface area contributed by atoms with Crippen molar-refractivity contribution in [3.05, 3.63) is 82.2 Å². The maximum atomic E-state index is 12.6. The molecular formula is C23H22N2O5S. The molecule has 0 aliphatic carbocycles.